The average molecular weight is 446 g/mol. The van der Waals surface area contributed by atoms with Gasteiger partial charge in [0.1, 0.15) is 6.10 Å². The number of hydrogen-bond donors (Lipinski definition) is 3. The summed E-state index contributed by atoms with van der Waals surface area (Å²) in [6, 6.07) is 0. The normalized spacial score (nSPS) is 38.5. The third-order valence-corrected chi connectivity index (χ3v) is 8.07. The van der Waals surface area contributed by atoms with Crippen molar-refractivity contribution in [1.82, 2.24) is 5.32 Å². The smallest absolute Gasteiger partial charge is 0.340 e. The number of carbonyl (C=O) groups excluding carboxylic acids is 2. The number of esters is 1. The van der Waals surface area contributed by atoms with Crippen molar-refractivity contribution in [2.75, 3.05) is 13.7 Å². The summed E-state index contributed by atoms with van der Waals surface area (Å²) in [4.78, 5) is 26.6. The molecule has 0 aromatic heterocycles. The Labute approximate surface area is 189 Å². The van der Waals surface area contributed by atoms with E-state index in [4.69, 9.17) is 9.47 Å². The lowest BCUT2D eigenvalue weighted by atomic mass is 9.54. The molecule has 3 aliphatic carbocycles. The minimum Gasteiger partial charge on any atom is -0.504 e. The summed E-state index contributed by atoms with van der Waals surface area (Å²) in [5.41, 5.74) is 0.392. The zero-order chi connectivity index (χ0) is 23.6. The highest BCUT2D eigenvalue weighted by Crippen LogP contribution is 2.62. The van der Waals surface area contributed by atoms with Crippen molar-refractivity contribution in [3.63, 3.8) is 0 Å². The van der Waals surface area contributed by atoms with E-state index >= 15 is 0 Å². The van der Waals surface area contributed by atoms with Crippen LogP contribution in [0, 0.1) is 16.7 Å². The second-order valence-corrected chi connectivity index (χ2v) is 11.1. The van der Waals surface area contributed by atoms with Gasteiger partial charge in [0.2, 0.25) is 5.78 Å². The summed E-state index contributed by atoms with van der Waals surface area (Å²) in [6.07, 6.45) is 3.08. The third-order valence-electron chi connectivity index (χ3n) is 8.07. The highest BCUT2D eigenvalue weighted by Gasteiger charge is 2.61. The van der Waals surface area contributed by atoms with E-state index in [1.807, 2.05) is 34.6 Å². The number of nitrogens with one attached hydrogen (secondary N) is 1. The van der Waals surface area contributed by atoms with E-state index in [1.54, 1.807) is 13.3 Å². The Morgan fingerprint density at radius 1 is 1.25 bits per heavy atom. The average Bonchev–Trinajstić information content (AvgIpc) is 3.01. The van der Waals surface area contributed by atoms with Gasteiger partial charge in [-0.1, -0.05) is 6.92 Å². The monoisotopic (exact) mass is 445 g/mol. The van der Waals surface area contributed by atoms with E-state index in [9.17, 15) is 19.8 Å². The number of rotatable bonds is 3. The lowest BCUT2D eigenvalue weighted by Crippen LogP contribution is -2.53. The fraction of sp³-hybridized carbons (Fsp3) is 0.680. The molecule has 1 heterocycles. The van der Waals surface area contributed by atoms with Crippen LogP contribution in [0.4, 0.5) is 0 Å². The topological polar surface area (TPSA) is 105 Å². The third kappa shape index (κ3) is 3.16. The Morgan fingerprint density at radius 2 is 1.94 bits per heavy atom. The number of hydrogen-bond acceptors (Lipinski definition) is 7. The molecular weight excluding hydrogens is 410 g/mol. The molecule has 1 aliphatic heterocycles. The first kappa shape index (κ1) is 23.1. The number of allylic oxidation sites excluding steroid dienone is 1. The van der Waals surface area contributed by atoms with Crippen LogP contribution >= 0.6 is 0 Å². The van der Waals surface area contributed by atoms with Crippen LogP contribution in [-0.4, -0.2) is 53.4 Å². The molecule has 176 valence electrons. The van der Waals surface area contributed by atoms with Crippen molar-refractivity contribution in [2.24, 2.45) is 16.7 Å². The summed E-state index contributed by atoms with van der Waals surface area (Å²) in [7, 11) is 1.54. The fourth-order valence-corrected chi connectivity index (χ4v) is 6.19. The summed E-state index contributed by atoms with van der Waals surface area (Å²) in [5, 5.41) is 25.1. The van der Waals surface area contributed by atoms with Gasteiger partial charge in [-0.25, -0.2) is 4.79 Å². The predicted octanol–water partition coefficient (Wildman–Crippen LogP) is 3.10. The van der Waals surface area contributed by atoms with Crippen LogP contribution in [0.1, 0.15) is 60.3 Å². The number of aliphatic hydroxyl groups excluding tert-OH is 2. The molecule has 0 radical (unpaired) electrons. The maximum atomic E-state index is 13.6. The minimum atomic E-state index is -0.891. The van der Waals surface area contributed by atoms with Gasteiger partial charge in [-0.15, -0.1) is 0 Å². The van der Waals surface area contributed by atoms with Gasteiger partial charge in [-0.3, -0.25) is 4.79 Å². The first-order valence-corrected chi connectivity index (χ1v) is 11.4. The summed E-state index contributed by atoms with van der Waals surface area (Å²) < 4.78 is 11.2. The number of methoxy groups -OCH3 is 1. The first-order valence-electron chi connectivity index (χ1n) is 11.4. The molecule has 3 N–H and O–H groups in total. The second-order valence-electron chi connectivity index (χ2n) is 11.1. The number of Topliss-reactive ketones (excluding diaryl/α,β-unsaturated/α-hetero) is 1. The molecule has 5 atom stereocenters. The number of carbonyl (C=O) groups is 2. The Kier molecular flexibility index (Phi) is 5.37. The molecular formula is C25H35NO6. The number of ketones is 1. The van der Waals surface area contributed by atoms with Gasteiger partial charge in [0.25, 0.3) is 0 Å². The predicted molar refractivity (Wildman–Crippen MR) is 119 cm³/mol. The van der Waals surface area contributed by atoms with Gasteiger partial charge in [0.15, 0.2) is 5.76 Å². The number of fused-ring (bicyclic) bond motifs is 4. The van der Waals surface area contributed by atoms with Crippen molar-refractivity contribution < 1.29 is 29.3 Å². The van der Waals surface area contributed by atoms with Crippen LogP contribution in [0.2, 0.25) is 0 Å². The standard InChI is InChI=1S/C25H35NO6/c1-23(2,3)26-11-13-19-21(29)20(28)18-14-7-8-16(27)24(14,4)10-9-15(18)25(19,5)17(12-31-6)32-22(13)30/h11,14,16-17,26-27,29H,7-10,12H2,1-6H3/b13-11-/t14?,16-,17+,24-,25-/m0/s1. The molecule has 0 spiro atoms. The van der Waals surface area contributed by atoms with Crippen LogP contribution in [0.25, 0.3) is 0 Å². The lowest BCUT2D eigenvalue weighted by molar-refractivity contribution is -0.156. The molecule has 2 fully saturated rings. The molecule has 0 aromatic carbocycles. The van der Waals surface area contributed by atoms with Gasteiger partial charge in [0, 0.05) is 35.4 Å². The summed E-state index contributed by atoms with van der Waals surface area (Å²) in [5.74, 6) is -1.53. The quantitative estimate of drug-likeness (QED) is 0.453. The van der Waals surface area contributed by atoms with E-state index in [1.165, 1.54) is 0 Å². The van der Waals surface area contributed by atoms with Crippen LogP contribution in [-0.2, 0) is 19.1 Å². The molecule has 1 saturated carbocycles. The van der Waals surface area contributed by atoms with E-state index in [2.05, 4.69) is 5.32 Å². The molecule has 7 nitrogen and oxygen atoms in total. The van der Waals surface area contributed by atoms with Crippen molar-refractivity contribution in [2.45, 2.75) is 78.0 Å². The van der Waals surface area contributed by atoms with Crippen LogP contribution < -0.4 is 5.32 Å². The SMILES string of the molecule is COC[C@H]1OC(=O)/C(=C\NC(C)(C)C)C2=C(O)C(=O)C3=C(CC[C@@]4(C)C3CC[C@@H]4O)[C@]21C. The van der Waals surface area contributed by atoms with Gasteiger partial charge in [0.05, 0.1) is 23.7 Å². The van der Waals surface area contributed by atoms with E-state index in [0.717, 1.165) is 12.0 Å². The molecule has 4 rings (SSSR count). The van der Waals surface area contributed by atoms with Gasteiger partial charge in [-0.2, -0.15) is 0 Å². The van der Waals surface area contributed by atoms with Crippen LogP contribution in [0.5, 0.6) is 0 Å². The Morgan fingerprint density at radius 3 is 2.56 bits per heavy atom. The Bertz CT molecular complexity index is 954. The maximum absolute atomic E-state index is 13.6. The zero-order valence-electron chi connectivity index (χ0n) is 19.9. The molecule has 0 bridgehead atoms. The van der Waals surface area contributed by atoms with Crippen LogP contribution in [0.15, 0.2) is 34.3 Å². The largest absolute Gasteiger partial charge is 0.504 e. The maximum Gasteiger partial charge on any atom is 0.340 e. The molecule has 4 aliphatic rings. The zero-order valence-corrected chi connectivity index (χ0v) is 19.9. The Hall–Kier alpha value is -2.12. The second kappa shape index (κ2) is 7.45. The molecule has 1 unspecified atom stereocenters. The first-order chi connectivity index (χ1) is 14.9. The molecule has 1 saturated heterocycles. The lowest BCUT2D eigenvalue weighted by Gasteiger charge is -2.52. The van der Waals surface area contributed by atoms with Gasteiger partial charge >= 0.3 is 5.97 Å². The van der Waals surface area contributed by atoms with Gasteiger partial charge in [-0.05, 0) is 64.9 Å². The summed E-state index contributed by atoms with van der Waals surface area (Å²) >= 11 is 0. The molecule has 32 heavy (non-hydrogen) atoms. The Balaban J connectivity index is 1.92. The van der Waals surface area contributed by atoms with Crippen molar-refractivity contribution in [3.05, 3.63) is 34.3 Å². The molecule has 0 aromatic rings. The number of ether oxygens (including phenoxy) is 2. The highest BCUT2D eigenvalue weighted by atomic mass is 16.6. The van der Waals surface area contributed by atoms with Gasteiger partial charge < -0.3 is 25.0 Å². The van der Waals surface area contributed by atoms with E-state index < -0.39 is 40.5 Å². The molecule has 7 heteroatoms. The van der Waals surface area contributed by atoms with Crippen molar-refractivity contribution >= 4 is 11.8 Å². The summed E-state index contributed by atoms with van der Waals surface area (Å²) in [6.45, 7) is 10.00. The fourth-order valence-electron chi connectivity index (χ4n) is 6.19. The molecule has 0 amide bonds. The number of aliphatic hydroxyl groups is 2. The van der Waals surface area contributed by atoms with Crippen LogP contribution in [0.3, 0.4) is 0 Å². The van der Waals surface area contributed by atoms with E-state index in [0.29, 0.717) is 30.4 Å². The van der Waals surface area contributed by atoms with Crippen molar-refractivity contribution in [3.8, 4) is 0 Å². The van der Waals surface area contributed by atoms with Crippen molar-refractivity contribution in [1.29, 1.82) is 0 Å². The number of cyclic esters (lactones) is 1. The van der Waals surface area contributed by atoms with E-state index in [-0.39, 0.29) is 23.6 Å². The highest BCUT2D eigenvalue weighted by molar-refractivity contribution is 6.12. The minimum absolute atomic E-state index is 0.129.